The summed E-state index contributed by atoms with van der Waals surface area (Å²) in [6.07, 6.45) is 1.20. The van der Waals surface area contributed by atoms with E-state index in [0.29, 0.717) is 17.8 Å². The number of nitrogens with zero attached hydrogens (tertiary/aromatic N) is 1. The lowest BCUT2D eigenvalue weighted by Crippen LogP contribution is -2.43. The number of fused-ring (bicyclic) bond motifs is 1. The van der Waals surface area contributed by atoms with Crippen LogP contribution < -0.4 is 10.6 Å². The van der Waals surface area contributed by atoms with Crippen LogP contribution in [0.15, 0.2) is 30.0 Å². The third-order valence-corrected chi connectivity index (χ3v) is 4.30. The minimum absolute atomic E-state index is 0.0415. The minimum Gasteiger partial charge on any atom is -0.395 e. The molecule has 3 N–H and O–H groups in total. The summed E-state index contributed by atoms with van der Waals surface area (Å²) in [6, 6.07) is 5.33. The fourth-order valence-corrected chi connectivity index (χ4v) is 2.96. The molecule has 0 aliphatic carbocycles. The Kier molecular flexibility index (Phi) is 3.88. The van der Waals surface area contributed by atoms with Crippen LogP contribution >= 0.6 is 0 Å². The summed E-state index contributed by atoms with van der Waals surface area (Å²) < 4.78 is 0. The van der Waals surface area contributed by atoms with Gasteiger partial charge in [0.25, 0.3) is 17.7 Å². The van der Waals surface area contributed by atoms with Crippen LogP contribution in [-0.2, 0) is 15.0 Å². The highest BCUT2D eigenvalue weighted by Gasteiger charge is 2.33. The molecule has 0 spiro atoms. The number of anilines is 1. The predicted octanol–water partition coefficient (Wildman–Crippen LogP) is 0.365. The topological polar surface area (TPSA) is 98.7 Å². The van der Waals surface area contributed by atoms with E-state index in [1.54, 1.807) is 12.1 Å². The van der Waals surface area contributed by atoms with E-state index in [9.17, 15) is 14.4 Å². The molecule has 2 heterocycles. The normalized spacial score (nSPS) is 19.0. The first-order chi connectivity index (χ1) is 11.3. The van der Waals surface area contributed by atoms with E-state index in [1.165, 1.54) is 6.08 Å². The lowest BCUT2D eigenvalue weighted by Gasteiger charge is -2.32. The molecular formula is C17H19N3O4. The maximum Gasteiger partial charge on any atom is 0.277 e. The van der Waals surface area contributed by atoms with Gasteiger partial charge in [0.05, 0.1) is 13.2 Å². The molecule has 0 fully saturated rings. The number of carbonyl (C=O) groups excluding carboxylic acids is 3. The standard InChI is InChI=1S/C17H19N3O4/c1-17(2)9-18-15(23)11-7-10(3-4-12(11)17)19-13-8-14(22)20(5-6-21)16(13)24/h3-4,7-8,19,21H,5-6,9H2,1-2H3,(H,18,23). The molecule has 3 amide bonds. The number of hydrogen-bond donors (Lipinski definition) is 3. The van der Waals surface area contributed by atoms with E-state index >= 15 is 0 Å². The van der Waals surface area contributed by atoms with Crippen LogP contribution in [0.1, 0.15) is 29.8 Å². The van der Waals surface area contributed by atoms with Gasteiger partial charge in [-0.15, -0.1) is 0 Å². The molecular weight excluding hydrogens is 310 g/mol. The molecule has 2 aliphatic rings. The van der Waals surface area contributed by atoms with E-state index in [4.69, 9.17) is 5.11 Å². The van der Waals surface area contributed by atoms with Crippen molar-refractivity contribution in [3.63, 3.8) is 0 Å². The number of aliphatic hydroxyl groups excluding tert-OH is 1. The SMILES string of the molecule is CC1(C)CNC(=O)c2cc(NC3=CC(=O)N(CCO)C3=O)ccc21. The fraction of sp³-hybridized carbons (Fsp3) is 0.353. The first kappa shape index (κ1) is 16.2. The van der Waals surface area contributed by atoms with Crippen molar-refractivity contribution in [2.75, 3.05) is 25.0 Å². The van der Waals surface area contributed by atoms with Crippen molar-refractivity contribution in [3.05, 3.63) is 41.1 Å². The summed E-state index contributed by atoms with van der Waals surface area (Å²) in [7, 11) is 0. The van der Waals surface area contributed by atoms with E-state index in [1.807, 2.05) is 19.9 Å². The summed E-state index contributed by atoms with van der Waals surface area (Å²) in [5, 5.41) is 14.7. The number of β-amino-alcohol motifs (C(OH)–C–C–N with tert-alkyl or cyclic N) is 1. The molecule has 1 aromatic rings. The molecule has 0 saturated heterocycles. The zero-order chi connectivity index (χ0) is 17.5. The molecule has 7 heteroatoms. The van der Waals surface area contributed by atoms with Gasteiger partial charge in [-0.25, -0.2) is 0 Å². The number of carbonyl (C=O) groups is 3. The van der Waals surface area contributed by atoms with Gasteiger partial charge in [-0.1, -0.05) is 19.9 Å². The van der Waals surface area contributed by atoms with Gasteiger partial charge >= 0.3 is 0 Å². The van der Waals surface area contributed by atoms with Gasteiger partial charge in [-0.2, -0.15) is 0 Å². The quantitative estimate of drug-likeness (QED) is 0.693. The average molecular weight is 329 g/mol. The Morgan fingerprint density at radius 3 is 2.75 bits per heavy atom. The number of nitrogens with one attached hydrogen (secondary N) is 2. The average Bonchev–Trinajstić information content (AvgIpc) is 2.79. The maximum atomic E-state index is 12.2. The Morgan fingerprint density at radius 1 is 1.29 bits per heavy atom. The molecule has 0 radical (unpaired) electrons. The number of aliphatic hydroxyl groups is 1. The zero-order valence-corrected chi connectivity index (χ0v) is 13.5. The second-order valence-corrected chi connectivity index (χ2v) is 6.53. The molecule has 126 valence electrons. The molecule has 7 nitrogen and oxygen atoms in total. The van der Waals surface area contributed by atoms with Crippen molar-refractivity contribution >= 4 is 23.4 Å². The zero-order valence-electron chi connectivity index (χ0n) is 13.5. The van der Waals surface area contributed by atoms with Crippen molar-refractivity contribution in [2.45, 2.75) is 19.3 Å². The summed E-state index contributed by atoms with van der Waals surface area (Å²) in [6.45, 7) is 4.34. The van der Waals surface area contributed by atoms with Gasteiger partial charge < -0.3 is 15.7 Å². The highest BCUT2D eigenvalue weighted by Crippen LogP contribution is 2.31. The molecule has 1 aromatic carbocycles. The van der Waals surface area contributed by atoms with Gasteiger partial charge in [0.1, 0.15) is 5.70 Å². The first-order valence-electron chi connectivity index (χ1n) is 7.71. The van der Waals surface area contributed by atoms with Crippen LogP contribution in [-0.4, -0.2) is 47.4 Å². The van der Waals surface area contributed by atoms with Gasteiger partial charge in [0.15, 0.2) is 0 Å². The molecule has 0 unspecified atom stereocenters. The van der Waals surface area contributed by atoms with Crippen molar-refractivity contribution in [3.8, 4) is 0 Å². The Labute approximate surface area is 139 Å². The maximum absolute atomic E-state index is 12.2. The van der Waals surface area contributed by atoms with Crippen molar-refractivity contribution in [1.82, 2.24) is 10.2 Å². The van der Waals surface area contributed by atoms with Crippen LogP contribution in [0.2, 0.25) is 0 Å². The third kappa shape index (κ3) is 2.67. The predicted molar refractivity (Wildman–Crippen MR) is 87.3 cm³/mol. The number of amides is 3. The molecule has 0 bridgehead atoms. The first-order valence-corrected chi connectivity index (χ1v) is 7.71. The largest absolute Gasteiger partial charge is 0.395 e. The summed E-state index contributed by atoms with van der Waals surface area (Å²) in [5.41, 5.74) is 2.02. The van der Waals surface area contributed by atoms with Gasteiger partial charge in [0, 0.05) is 29.3 Å². The molecule has 3 rings (SSSR count). The summed E-state index contributed by atoms with van der Waals surface area (Å²) in [5.74, 6) is -1.11. The molecule has 2 aliphatic heterocycles. The monoisotopic (exact) mass is 329 g/mol. The number of imide groups is 1. The van der Waals surface area contributed by atoms with Crippen LogP contribution in [0.4, 0.5) is 5.69 Å². The molecule has 0 saturated carbocycles. The van der Waals surface area contributed by atoms with Crippen molar-refractivity contribution < 1.29 is 19.5 Å². The van der Waals surface area contributed by atoms with Gasteiger partial charge in [-0.05, 0) is 17.7 Å². The summed E-state index contributed by atoms with van der Waals surface area (Å²) >= 11 is 0. The molecule has 24 heavy (non-hydrogen) atoms. The lowest BCUT2D eigenvalue weighted by molar-refractivity contribution is -0.137. The Morgan fingerprint density at radius 2 is 2.04 bits per heavy atom. The van der Waals surface area contributed by atoms with Gasteiger partial charge in [-0.3, -0.25) is 19.3 Å². The second kappa shape index (κ2) is 5.76. The van der Waals surface area contributed by atoms with Crippen LogP contribution in [0.3, 0.4) is 0 Å². The molecule has 0 atom stereocenters. The third-order valence-electron chi connectivity index (χ3n) is 4.30. The fourth-order valence-electron chi connectivity index (χ4n) is 2.96. The van der Waals surface area contributed by atoms with E-state index < -0.39 is 11.8 Å². The van der Waals surface area contributed by atoms with Crippen LogP contribution in [0.25, 0.3) is 0 Å². The minimum atomic E-state index is -0.489. The Bertz CT molecular complexity index is 767. The Hall–Kier alpha value is -2.67. The molecule has 0 aromatic heterocycles. The highest BCUT2D eigenvalue weighted by atomic mass is 16.3. The lowest BCUT2D eigenvalue weighted by atomic mass is 9.79. The van der Waals surface area contributed by atoms with E-state index in [0.717, 1.165) is 10.5 Å². The smallest absolute Gasteiger partial charge is 0.277 e. The number of hydrogen-bond acceptors (Lipinski definition) is 5. The van der Waals surface area contributed by atoms with Crippen LogP contribution in [0.5, 0.6) is 0 Å². The number of benzene rings is 1. The van der Waals surface area contributed by atoms with E-state index in [-0.39, 0.29) is 30.2 Å². The highest BCUT2D eigenvalue weighted by molar-refractivity contribution is 6.17. The van der Waals surface area contributed by atoms with Gasteiger partial charge in [0.2, 0.25) is 0 Å². The van der Waals surface area contributed by atoms with Crippen LogP contribution in [0, 0.1) is 0 Å². The Balaban J connectivity index is 1.87. The summed E-state index contributed by atoms with van der Waals surface area (Å²) in [4.78, 5) is 37.0. The number of rotatable bonds is 4. The second-order valence-electron chi connectivity index (χ2n) is 6.53. The van der Waals surface area contributed by atoms with Crippen molar-refractivity contribution in [2.24, 2.45) is 0 Å². The van der Waals surface area contributed by atoms with Crippen molar-refractivity contribution in [1.29, 1.82) is 0 Å². The van der Waals surface area contributed by atoms with E-state index in [2.05, 4.69) is 10.6 Å².